The fourth-order valence-corrected chi connectivity index (χ4v) is 3.99. The number of hydrogen-bond acceptors (Lipinski definition) is 5. The lowest BCUT2D eigenvalue weighted by Gasteiger charge is -2.21. The molecule has 18 heavy (non-hydrogen) atoms. The van der Waals surface area contributed by atoms with Crippen molar-refractivity contribution in [2.75, 3.05) is 0 Å². The average molecular weight is 279 g/mol. The van der Waals surface area contributed by atoms with Gasteiger partial charge in [-0.05, 0) is 31.9 Å². The Morgan fingerprint density at radius 2 is 1.94 bits per heavy atom. The third-order valence-electron chi connectivity index (χ3n) is 2.71. The molecule has 0 fully saturated rings. The zero-order valence-electron chi connectivity index (χ0n) is 10.8. The maximum Gasteiger partial charge on any atom is 0.174 e. The fourth-order valence-electron chi connectivity index (χ4n) is 1.79. The Morgan fingerprint density at radius 1 is 1.22 bits per heavy atom. The maximum atomic E-state index is 6.13. The summed E-state index contributed by atoms with van der Waals surface area (Å²) in [6.07, 6.45) is 0. The van der Waals surface area contributed by atoms with E-state index in [0.29, 0.717) is 0 Å². The zero-order chi connectivity index (χ0) is 13.1. The van der Waals surface area contributed by atoms with Crippen molar-refractivity contribution in [3.05, 3.63) is 40.4 Å². The van der Waals surface area contributed by atoms with Crippen LogP contribution in [-0.2, 0) is 0 Å². The van der Waals surface area contributed by atoms with Crippen LogP contribution in [0.5, 0.6) is 0 Å². The molecule has 0 bridgehead atoms. The van der Waals surface area contributed by atoms with Gasteiger partial charge in [0.15, 0.2) is 4.34 Å². The highest BCUT2D eigenvalue weighted by atomic mass is 32.2. The van der Waals surface area contributed by atoms with Gasteiger partial charge in [-0.1, -0.05) is 47.4 Å². The van der Waals surface area contributed by atoms with E-state index in [1.165, 1.54) is 11.1 Å². The van der Waals surface area contributed by atoms with Gasteiger partial charge in [0, 0.05) is 6.04 Å². The topological polar surface area (TPSA) is 51.8 Å². The monoisotopic (exact) mass is 279 g/mol. The van der Waals surface area contributed by atoms with Crippen molar-refractivity contribution in [2.24, 2.45) is 5.73 Å². The summed E-state index contributed by atoms with van der Waals surface area (Å²) < 4.78 is 0.984. The predicted molar refractivity (Wildman–Crippen MR) is 78.1 cm³/mol. The van der Waals surface area contributed by atoms with Crippen LogP contribution in [0.25, 0.3) is 0 Å². The second-order valence-electron chi connectivity index (χ2n) is 4.34. The van der Waals surface area contributed by atoms with Crippen LogP contribution in [0, 0.1) is 13.8 Å². The summed E-state index contributed by atoms with van der Waals surface area (Å²) >= 11 is 3.32. The third kappa shape index (κ3) is 3.10. The first-order valence-electron chi connectivity index (χ1n) is 5.86. The van der Waals surface area contributed by atoms with Crippen molar-refractivity contribution < 1.29 is 0 Å². The molecule has 2 N–H and O–H groups in total. The summed E-state index contributed by atoms with van der Waals surface area (Å²) in [5.41, 5.74) is 8.68. The summed E-state index contributed by atoms with van der Waals surface area (Å²) in [5, 5.41) is 9.43. The minimum absolute atomic E-state index is 0.0697. The summed E-state index contributed by atoms with van der Waals surface area (Å²) in [6, 6.07) is 8.45. The molecule has 0 saturated carbocycles. The fraction of sp³-hybridized carbons (Fsp3) is 0.385. The van der Waals surface area contributed by atoms with Crippen molar-refractivity contribution in [3.63, 3.8) is 0 Å². The minimum atomic E-state index is 0.0697. The Labute approximate surface area is 116 Å². The van der Waals surface area contributed by atoms with E-state index in [1.807, 2.05) is 13.8 Å². The highest BCUT2D eigenvalue weighted by Gasteiger charge is 2.21. The van der Waals surface area contributed by atoms with Crippen LogP contribution in [-0.4, -0.2) is 16.2 Å². The van der Waals surface area contributed by atoms with Crippen LogP contribution in [0.1, 0.15) is 28.3 Å². The van der Waals surface area contributed by atoms with E-state index in [2.05, 4.69) is 41.4 Å². The van der Waals surface area contributed by atoms with Crippen LogP contribution in [0.3, 0.4) is 0 Å². The van der Waals surface area contributed by atoms with Crippen molar-refractivity contribution in [2.45, 2.75) is 36.4 Å². The van der Waals surface area contributed by atoms with Gasteiger partial charge in [0.05, 0.1) is 5.25 Å². The number of aromatic nitrogens is 2. The number of hydrogen-bond donors (Lipinski definition) is 1. The SMILES string of the molecule is Cc1nnc(SC(c2ccccc2C)C(C)N)s1. The molecule has 0 aliphatic heterocycles. The second-order valence-corrected chi connectivity index (χ2v) is 6.91. The molecular weight excluding hydrogens is 262 g/mol. The standard InChI is InChI=1S/C13H17N3S2/c1-8-6-4-5-7-11(8)12(9(2)14)18-13-16-15-10(3)17-13/h4-7,9,12H,14H2,1-3H3. The van der Waals surface area contributed by atoms with Gasteiger partial charge in [0.1, 0.15) is 5.01 Å². The van der Waals surface area contributed by atoms with Crippen molar-refractivity contribution >= 4 is 23.1 Å². The Morgan fingerprint density at radius 3 is 2.50 bits per heavy atom. The Hall–Kier alpha value is -0.910. The first-order valence-corrected chi connectivity index (χ1v) is 7.55. The molecular formula is C13H17N3S2. The molecule has 2 atom stereocenters. The molecule has 0 spiro atoms. The van der Waals surface area contributed by atoms with Gasteiger partial charge in [-0.15, -0.1) is 10.2 Å². The summed E-state index contributed by atoms with van der Waals surface area (Å²) in [6.45, 7) is 6.13. The van der Waals surface area contributed by atoms with Crippen LogP contribution in [0.2, 0.25) is 0 Å². The van der Waals surface area contributed by atoms with Gasteiger partial charge in [0.25, 0.3) is 0 Å². The van der Waals surface area contributed by atoms with Crippen LogP contribution < -0.4 is 5.73 Å². The highest BCUT2D eigenvalue weighted by Crippen LogP contribution is 2.39. The van der Waals surface area contributed by atoms with Crippen molar-refractivity contribution in [3.8, 4) is 0 Å². The van der Waals surface area contributed by atoms with Gasteiger partial charge < -0.3 is 5.73 Å². The normalized spacial score (nSPS) is 14.4. The lowest BCUT2D eigenvalue weighted by atomic mass is 10.0. The third-order valence-corrected chi connectivity index (χ3v) is 5.10. The second kappa shape index (κ2) is 5.82. The summed E-state index contributed by atoms with van der Waals surface area (Å²) in [5.74, 6) is 0. The van der Waals surface area contributed by atoms with Gasteiger partial charge >= 0.3 is 0 Å². The molecule has 5 heteroatoms. The predicted octanol–water partition coefficient (Wildman–Crippen LogP) is 3.34. The molecule has 2 aromatic rings. The quantitative estimate of drug-likeness (QED) is 0.872. The number of nitrogens with zero attached hydrogens (tertiary/aromatic N) is 2. The molecule has 0 amide bonds. The molecule has 1 aromatic carbocycles. The molecule has 2 unspecified atom stereocenters. The van der Waals surface area contributed by atoms with E-state index < -0.39 is 0 Å². The Kier molecular flexibility index (Phi) is 4.37. The Balaban J connectivity index is 2.27. The van der Waals surface area contributed by atoms with E-state index >= 15 is 0 Å². The smallest absolute Gasteiger partial charge is 0.174 e. The number of rotatable bonds is 4. The average Bonchev–Trinajstić information content (AvgIpc) is 2.73. The molecule has 2 rings (SSSR count). The van der Waals surface area contributed by atoms with Crippen molar-refractivity contribution in [1.82, 2.24) is 10.2 Å². The summed E-state index contributed by atoms with van der Waals surface area (Å²) in [4.78, 5) is 0. The molecule has 0 aliphatic carbocycles. The van der Waals surface area contributed by atoms with Gasteiger partial charge in [-0.2, -0.15) is 0 Å². The zero-order valence-corrected chi connectivity index (χ0v) is 12.4. The first kappa shape index (κ1) is 13.5. The van der Waals surface area contributed by atoms with Crippen molar-refractivity contribution in [1.29, 1.82) is 0 Å². The number of benzene rings is 1. The van der Waals surface area contributed by atoms with Crippen LogP contribution in [0.15, 0.2) is 28.6 Å². The van der Waals surface area contributed by atoms with Gasteiger partial charge in [-0.25, -0.2) is 0 Å². The van der Waals surface area contributed by atoms with E-state index in [-0.39, 0.29) is 11.3 Å². The first-order chi connectivity index (χ1) is 8.58. The molecule has 0 radical (unpaired) electrons. The largest absolute Gasteiger partial charge is 0.327 e. The molecule has 1 aromatic heterocycles. The van der Waals surface area contributed by atoms with Crippen LogP contribution in [0.4, 0.5) is 0 Å². The van der Waals surface area contributed by atoms with Crippen LogP contribution >= 0.6 is 23.1 Å². The van der Waals surface area contributed by atoms with E-state index in [9.17, 15) is 0 Å². The van der Waals surface area contributed by atoms with E-state index in [0.717, 1.165) is 9.35 Å². The molecule has 3 nitrogen and oxygen atoms in total. The minimum Gasteiger partial charge on any atom is -0.327 e. The number of nitrogens with two attached hydrogens (primary N) is 1. The molecule has 1 heterocycles. The number of aryl methyl sites for hydroxylation is 2. The lowest BCUT2D eigenvalue weighted by molar-refractivity contribution is 0.717. The van der Waals surface area contributed by atoms with E-state index in [1.54, 1.807) is 23.1 Å². The molecule has 0 saturated heterocycles. The summed E-state index contributed by atoms with van der Waals surface area (Å²) in [7, 11) is 0. The lowest BCUT2D eigenvalue weighted by Crippen LogP contribution is -2.23. The molecule has 96 valence electrons. The molecule has 0 aliphatic rings. The van der Waals surface area contributed by atoms with Gasteiger partial charge in [-0.3, -0.25) is 0 Å². The van der Waals surface area contributed by atoms with Gasteiger partial charge in [0.2, 0.25) is 0 Å². The highest BCUT2D eigenvalue weighted by molar-refractivity contribution is 8.01. The number of thioether (sulfide) groups is 1. The Bertz CT molecular complexity index is 522. The maximum absolute atomic E-state index is 6.13. The van der Waals surface area contributed by atoms with E-state index in [4.69, 9.17) is 5.73 Å².